The van der Waals surface area contributed by atoms with Gasteiger partial charge in [0.25, 0.3) is 0 Å². The van der Waals surface area contributed by atoms with E-state index < -0.39 is 0 Å². The van der Waals surface area contributed by atoms with Crippen LogP contribution in [-0.2, 0) is 17.6 Å². The van der Waals surface area contributed by atoms with E-state index >= 15 is 0 Å². The average molecular weight is 407 g/mol. The van der Waals surface area contributed by atoms with E-state index in [-0.39, 0.29) is 5.97 Å². The zero-order valence-corrected chi connectivity index (χ0v) is 18.9. The molecule has 2 heteroatoms. The Kier molecular flexibility index (Phi) is 8.99. The summed E-state index contributed by atoms with van der Waals surface area (Å²) in [7, 11) is 0. The Labute approximate surface area is 183 Å². The lowest BCUT2D eigenvalue weighted by atomic mass is 9.80. The molecule has 0 saturated carbocycles. The van der Waals surface area contributed by atoms with Crippen molar-refractivity contribution in [2.45, 2.75) is 90.9 Å². The van der Waals surface area contributed by atoms with Crippen molar-refractivity contribution in [2.75, 3.05) is 0 Å². The Morgan fingerprint density at radius 3 is 2.37 bits per heavy atom. The molecule has 0 bridgehead atoms. The lowest BCUT2D eigenvalue weighted by Gasteiger charge is -2.25. The van der Waals surface area contributed by atoms with Gasteiger partial charge in [0, 0.05) is 6.42 Å². The number of fused-ring (bicyclic) bond motifs is 1. The van der Waals surface area contributed by atoms with E-state index in [4.69, 9.17) is 4.74 Å². The van der Waals surface area contributed by atoms with Crippen molar-refractivity contribution < 1.29 is 9.53 Å². The highest BCUT2D eigenvalue weighted by Crippen LogP contribution is 2.32. The monoisotopic (exact) mass is 406 g/mol. The fourth-order valence-corrected chi connectivity index (χ4v) is 4.52. The van der Waals surface area contributed by atoms with Gasteiger partial charge in [0.15, 0.2) is 0 Å². The molecule has 0 saturated heterocycles. The van der Waals surface area contributed by atoms with Crippen LogP contribution in [0.5, 0.6) is 5.75 Å². The standard InChI is InChI=1S/C28H38O2/c1-3-5-7-8-9-11-28(29)30-27-18-16-23(17-19-27)25-15-14-24-20-22(10-6-4-2)12-13-26(24)21-25/h14-19,21-22H,3-13,20H2,1-2H3. The third-order valence-corrected chi connectivity index (χ3v) is 6.41. The molecule has 0 amide bonds. The summed E-state index contributed by atoms with van der Waals surface area (Å²) in [5, 5.41) is 0. The van der Waals surface area contributed by atoms with E-state index in [0.29, 0.717) is 12.2 Å². The molecule has 1 unspecified atom stereocenters. The van der Waals surface area contributed by atoms with Gasteiger partial charge in [-0.1, -0.05) is 89.1 Å². The first-order chi connectivity index (χ1) is 14.7. The topological polar surface area (TPSA) is 26.3 Å². The number of esters is 1. The van der Waals surface area contributed by atoms with Crippen LogP contribution in [0.4, 0.5) is 0 Å². The summed E-state index contributed by atoms with van der Waals surface area (Å²) < 4.78 is 5.51. The zero-order valence-electron chi connectivity index (χ0n) is 18.9. The minimum Gasteiger partial charge on any atom is -0.427 e. The molecule has 3 rings (SSSR count). The highest BCUT2D eigenvalue weighted by Gasteiger charge is 2.18. The van der Waals surface area contributed by atoms with Crippen LogP contribution < -0.4 is 4.74 Å². The second-order valence-corrected chi connectivity index (χ2v) is 8.90. The maximum atomic E-state index is 12.0. The summed E-state index contributed by atoms with van der Waals surface area (Å²) in [6.07, 6.45) is 14.0. The van der Waals surface area contributed by atoms with Crippen LogP contribution in [0.1, 0.15) is 89.2 Å². The second kappa shape index (κ2) is 11.9. The SMILES string of the molecule is CCCCCCCC(=O)Oc1ccc(-c2ccc3c(c2)CCC(CCCC)C3)cc1. The smallest absolute Gasteiger partial charge is 0.311 e. The maximum absolute atomic E-state index is 12.0. The average Bonchev–Trinajstić information content (AvgIpc) is 2.77. The van der Waals surface area contributed by atoms with E-state index in [0.717, 1.165) is 18.8 Å². The van der Waals surface area contributed by atoms with Gasteiger partial charge in [0.1, 0.15) is 5.75 Å². The number of aryl methyl sites for hydroxylation is 1. The molecule has 0 spiro atoms. The number of carbonyl (C=O) groups is 1. The van der Waals surface area contributed by atoms with Crippen molar-refractivity contribution in [2.24, 2.45) is 5.92 Å². The van der Waals surface area contributed by atoms with Gasteiger partial charge in [0.05, 0.1) is 0 Å². The number of ether oxygens (including phenoxy) is 1. The van der Waals surface area contributed by atoms with E-state index in [1.54, 1.807) is 0 Å². The van der Waals surface area contributed by atoms with Crippen molar-refractivity contribution in [3.8, 4) is 16.9 Å². The van der Waals surface area contributed by atoms with Crippen LogP contribution in [0.25, 0.3) is 11.1 Å². The number of carbonyl (C=O) groups excluding carboxylic acids is 1. The van der Waals surface area contributed by atoms with E-state index in [1.165, 1.54) is 80.0 Å². The van der Waals surface area contributed by atoms with Crippen LogP contribution in [0.15, 0.2) is 42.5 Å². The highest BCUT2D eigenvalue weighted by atomic mass is 16.5. The molecule has 2 aromatic carbocycles. The van der Waals surface area contributed by atoms with E-state index in [9.17, 15) is 4.79 Å². The van der Waals surface area contributed by atoms with Crippen LogP contribution in [0, 0.1) is 5.92 Å². The molecular formula is C28H38O2. The third-order valence-electron chi connectivity index (χ3n) is 6.41. The van der Waals surface area contributed by atoms with Gasteiger partial charge in [-0.2, -0.15) is 0 Å². The van der Waals surface area contributed by atoms with Crippen LogP contribution in [-0.4, -0.2) is 5.97 Å². The van der Waals surface area contributed by atoms with Gasteiger partial charge in [-0.15, -0.1) is 0 Å². The van der Waals surface area contributed by atoms with Gasteiger partial charge in [-0.05, 0) is 66.0 Å². The first-order valence-electron chi connectivity index (χ1n) is 12.1. The molecule has 0 fully saturated rings. The van der Waals surface area contributed by atoms with Crippen molar-refractivity contribution in [3.63, 3.8) is 0 Å². The van der Waals surface area contributed by atoms with Gasteiger partial charge in [-0.3, -0.25) is 4.79 Å². The van der Waals surface area contributed by atoms with Gasteiger partial charge in [-0.25, -0.2) is 0 Å². The molecule has 2 nitrogen and oxygen atoms in total. The number of unbranched alkanes of at least 4 members (excludes halogenated alkanes) is 5. The normalized spacial score (nSPS) is 15.6. The Hall–Kier alpha value is -2.09. The molecule has 0 aromatic heterocycles. The summed E-state index contributed by atoms with van der Waals surface area (Å²) in [4.78, 5) is 12.0. The Morgan fingerprint density at radius 1 is 0.867 bits per heavy atom. The van der Waals surface area contributed by atoms with Crippen molar-refractivity contribution in [1.82, 2.24) is 0 Å². The molecular weight excluding hydrogens is 368 g/mol. The fraction of sp³-hybridized carbons (Fsp3) is 0.536. The summed E-state index contributed by atoms with van der Waals surface area (Å²) in [5.41, 5.74) is 5.49. The Balaban J connectivity index is 1.53. The zero-order chi connectivity index (χ0) is 21.2. The lowest BCUT2D eigenvalue weighted by Crippen LogP contribution is -2.14. The summed E-state index contributed by atoms with van der Waals surface area (Å²) in [5.74, 6) is 1.39. The fourth-order valence-electron chi connectivity index (χ4n) is 4.52. The molecule has 30 heavy (non-hydrogen) atoms. The van der Waals surface area contributed by atoms with E-state index in [2.05, 4.69) is 44.2 Å². The van der Waals surface area contributed by atoms with Crippen LogP contribution in [0.2, 0.25) is 0 Å². The largest absolute Gasteiger partial charge is 0.427 e. The Morgan fingerprint density at radius 2 is 1.60 bits per heavy atom. The molecule has 1 aliphatic rings. The van der Waals surface area contributed by atoms with Crippen LogP contribution >= 0.6 is 0 Å². The molecule has 0 radical (unpaired) electrons. The summed E-state index contributed by atoms with van der Waals surface area (Å²) in [6.45, 7) is 4.48. The predicted molar refractivity (Wildman–Crippen MR) is 126 cm³/mol. The number of rotatable bonds is 11. The van der Waals surface area contributed by atoms with Crippen molar-refractivity contribution >= 4 is 5.97 Å². The minimum atomic E-state index is -0.120. The van der Waals surface area contributed by atoms with Gasteiger partial charge >= 0.3 is 5.97 Å². The second-order valence-electron chi connectivity index (χ2n) is 8.90. The highest BCUT2D eigenvalue weighted by molar-refractivity contribution is 5.73. The first kappa shape index (κ1) is 22.6. The summed E-state index contributed by atoms with van der Waals surface area (Å²) in [6, 6.07) is 14.9. The third kappa shape index (κ3) is 6.72. The minimum absolute atomic E-state index is 0.120. The molecule has 162 valence electrons. The predicted octanol–water partition coefficient (Wildman–Crippen LogP) is 7.91. The molecule has 1 atom stereocenters. The molecule has 0 heterocycles. The number of hydrogen-bond acceptors (Lipinski definition) is 2. The molecule has 1 aliphatic carbocycles. The number of hydrogen-bond donors (Lipinski definition) is 0. The first-order valence-corrected chi connectivity index (χ1v) is 12.1. The lowest BCUT2D eigenvalue weighted by molar-refractivity contribution is -0.134. The molecule has 0 N–H and O–H groups in total. The Bertz CT molecular complexity index is 791. The maximum Gasteiger partial charge on any atom is 0.311 e. The van der Waals surface area contributed by atoms with Crippen molar-refractivity contribution in [1.29, 1.82) is 0 Å². The number of benzene rings is 2. The summed E-state index contributed by atoms with van der Waals surface area (Å²) >= 11 is 0. The van der Waals surface area contributed by atoms with E-state index in [1.807, 2.05) is 12.1 Å². The molecule has 2 aromatic rings. The van der Waals surface area contributed by atoms with Crippen LogP contribution in [0.3, 0.4) is 0 Å². The van der Waals surface area contributed by atoms with Gasteiger partial charge in [0.2, 0.25) is 0 Å². The quantitative estimate of drug-likeness (QED) is 0.215. The molecule has 0 aliphatic heterocycles. The van der Waals surface area contributed by atoms with Gasteiger partial charge < -0.3 is 4.74 Å². The van der Waals surface area contributed by atoms with Crippen molar-refractivity contribution in [3.05, 3.63) is 53.6 Å².